The highest BCUT2D eigenvalue weighted by Crippen LogP contribution is 2.27. The molecule has 0 aliphatic rings. The van der Waals surface area contributed by atoms with Crippen LogP contribution in [0.5, 0.6) is 11.6 Å². The second kappa shape index (κ2) is 9.05. The molecule has 0 aliphatic heterocycles. The molecule has 2 aromatic heterocycles. The predicted molar refractivity (Wildman–Crippen MR) is 119 cm³/mol. The van der Waals surface area contributed by atoms with Crippen LogP contribution in [-0.4, -0.2) is 27.3 Å². The molecule has 0 unspecified atom stereocenters. The standard InChI is InChI=1S/C24H23FN4O3/c1-15-10-16(2)26-23-22(15)24(28-29(23)3)32-14-21(30)27-19-8-5-9-20(12-19)31-13-17-6-4-7-18(25)11-17/h4-12H,13-14H2,1-3H3,(H,27,30). The van der Waals surface area contributed by atoms with Gasteiger partial charge in [0.05, 0.1) is 5.39 Å². The summed E-state index contributed by atoms with van der Waals surface area (Å²) in [7, 11) is 1.79. The SMILES string of the molecule is Cc1cc(C)c2c(OCC(=O)Nc3cccc(OCc4cccc(F)c4)c3)nn(C)c2n1. The van der Waals surface area contributed by atoms with Crippen molar-refractivity contribution in [3.05, 3.63) is 77.2 Å². The third-order valence-corrected chi connectivity index (χ3v) is 4.84. The molecular formula is C24H23FN4O3. The van der Waals surface area contributed by atoms with E-state index >= 15 is 0 Å². The maximum absolute atomic E-state index is 13.3. The normalized spacial score (nSPS) is 10.9. The topological polar surface area (TPSA) is 78.3 Å². The molecule has 8 heteroatoms. The molecule has 1 amide bonds. The van der Waals surface area contributed by atoms with E-state index in [0.29, 0.717) is 23.0 Å². The van der Waals surface area contributed by atoms with Crippen LogP contribution in [0.25, 0.3) is 11.0 Å². The summed E-state index contributed by atoms with van der Waals surface area (Å²) in [5.74, 6) is 0.285. The second-order valence-electron chi connectivity index (χ2n) is 7.49. The van der Waals surface area contributed by atoms with Gasteiger partial charge >= 0.3 is 0 Å². The fourth-order valence-electron chi connectivity index (χ4n) is 3.44. The average Bonchev–Trinajstić information content (AvgIpc) is 3.07. The number of hydrogen-bond donors (Lipinski definition) is 1. The van der Waals surface area contributed by atoms with Crippen LogP contribution in [0.2, 0.25) is 0 Å². The molecule has 0 aliphatic carbocycles. The zero-order valence-corrected chi connectivity index (χ0v) is 18.1. The molecule has 7 nitrogen and oxygen atoms in total. The van der Waals surface area contributed by atoms with Gasteiger partial charge in [-0.05, 0) is 55.3 Å². The van der Waals surface area contributed by atoms with Gasteiger partial charge in [0.1, 0.15) is 18.2 Å². The van der Waals surface area contributed by atoms with Crippen molar-refractivity contribution in [3.8, 4) is 11.6 Å². The lowest BCUT2D eigenvalue weighted by atomic mass is 10.2. The molecule has 4 rings (SSSR count). The minimum Gasteiger partial charge on any atom is -0.489 e. The molecule has 1 N–H and O–H groups in total. The quantitative estimate of drug-likeness (QED) is 0.469. The van der Waals surface area contributed by atoms with Crippen molar-refractivity contribution in [1.82, 2.24) is 14.8 Å². The molecule has 0 saturated heterocycles. The van der Waals surface area contributed by atoms with E-state index in [1.807, 2.05) is 19.9 Å². The molecule has 32 heavy (non-hydrogen) atoms. The summed E-state index contributed by atoms with van der Waals surface area (Å²) < 4.78 is 26.3. The number of rotatable bonds is 7. The van der Waals surface area contributed by atoms with E-state index < -0.39 is 0 Å². The Bertz CT molecular complexity index is 1290. The lowest BCUT2D eigenvalue weighted by molar-refractivity contribution is -0.118. The Morgan fingerprint density at radius 2 is 1.91 bits per heavy atom. The predicted octanol–water partition coefficient (Wildman–Crippen LogP) is 4.32. The van der Waals surface area contributed by atoms with Gasteiger partial charge < -0.3 is 14.8 Å². The number of fused-ring (bicyclic) bond motifs is 1. The van der Waals surface area contributed by atoms with Crippen LogP contribution in [-0.2, 0) is 18.4 Å². The zero-order chi connectivity index (χ0) is 22.7. The molecule has 0 atom stereocenters. The minimum atomic E-state index is -0.330. The van der Waals surface area contributed by atoms with Gasteiger partial charge in [-0.15, -0.1) is 5.10 Å². The van der Waals surface area contributed by atoms with E-state index in [4.69, 9.17) is 9.47 Å². The Morgan fingerprint density at radius 1 is 1.09 bits per heavy atom. The number of carbonyl (C=O) groups excluding carboxylic acids is 1. The number of nitrogens with one attached hydrogen (secondary N) is 1. The average molecular weight is 434 g/mol. The van der Waals surface area contributed by atoms with Gasteiger partial charge in [-0.25, -0.2) is 14.1 Å². The number of pyridine rings is 1. The molecule has 2 heterocycles. The largest absolute Gasteiger partial charge is 0.489 e. The van der Waals surface area contributed by atoms with E-state index in [9.17, 15) is 9.18 Å². The number of anilines is 1. The van der Waals surface area contributed by atoms with Crippen LogP contribution < -0.4 is 14.8 Å². The van der Waals surface area contributed by atoms with Crippen molar-refractivity contribution in [2.75, 3.05) is 11.9 Å². The molecule has 0 bridgehead atoms. The maximum atomic E-state index is 13.3. The Balaban J connectivity index is 1.38. The number of hydrogen-bond acceptors (Lipinski definition) is 5. The first-order valence-electron chi connectivity index (χ1n) is 10.1. The lowest BCUT2D eigenvalue weighted by Crippen LogP contribution is -2.20. The number of aromatic nitrogens is 3. The molecule has 2 aromatic carbocycles. The Kier molecular flexibility index (Phi) is 6.02. The fourth-order valence-corrected chi connectivity index (χ4v) is 3.44. The Hall–Kier alpha value is -3.94. The summed E-state index contributed by atoms with van der Waals surface area (Å²) in [6.07, 6.45) is 0. The number of amides is 1. The summed E-state index contributed by atoms with van der Waals surface area (Å²) in [6.45, 7) is 3.90. The Morgan fingerprint density at radius 3 is 2.72 bits per heavy atom. The number of benzene rings is 2. The number of carbonyl (C=O) groups is 1. The molecule has 164 valence electrons. The van der Waals surface area contributed by atoms with E-state index in [-0.39, 0.29) is 24.9 Å². The van der Waals surface area contributed by atoms with Gasteiger partial charge in [-0.1, -0.05) is 18.2 Å². The lowest BCUT2D eigenvalue weighted by Gasteiger charge is -2.10. The highest BCUT2D eigenvalue weighted by atomic mass is 19.1. The fraction of sp³-hybridized carbons (Fsp3) is 0.208. The zero-order valence-electron chi connectivity index (χ0n) is 18.1. The number of halogens is 1. The molecule has 0 spiro atoms. The summed E-state index contributed by atoms with van der Waals surface area (Å²) in [4.78, 5) is 16.9. The van der Waals surface area contributed by atoms with Crippen LogP contribution >= 0.6 is 0 Å². The van der Waals surface area contributed by atoms with Crippen LogP contribution in [0.4, 0.5) is 10.1 Å². The first-order chi connectivity index (χ1) is 15.4. The number of ether oxygens (including phenoxy) is 2. The van der Waals surface area contributed by atoms with Crippen LogP contribution in [0, 0.1) is 19.7 Å². The first-order valence-corrected chi connectivity index (χ1v) is 10.1. The summed E-state index contributed by atoms with van der Waals surface area (Å²) in [5.41, 5.74) is 3.87. The highest BCUT2D eigenvalue weighted by molar-refractivity contribution is 5.92. The van der Waals surface area contributed by atoms with Gasteiger partial charge in [0.2, 0.25) is 5.88 Å². The van der Waals surface area contributed by atoms with Crippen molar-refractivity contribution in [1.29, 1.82) is 0 Å². The van der Waals surface area contributed by atoms with Crippen molar-refractivity contribution < 1.29 is 18.7 Å². The molecule has 0 radical (unpaired) electrons. The molecular weight excluding hydrogens is 411 g/mol. The summed E-state index contributed by atoms with van der Waals surface area (Å²) in [6, 6.07) is 15.2. The molecule has 0 fully saturated rings. The Labute approximate surface area is 184 Å². The van der Waals surface area contributed by atoms with Crippen LogP contribution in [0.3, 0.4) is 0 Å². The summed E-state index contributed by atoms with van der Waals surface area (Å²) >= 11 is 0. The van der Waals surface area contributed by atoms with Gasteiger partial charge in [0.15, 0.2) is 12.3 Å². The van der Waals surface area contributed by atoms with Crippen molar-refractivity contribution in [2.45, 2.75) is 20.5 Å². The van der Waals surface area contributed by atoms with E-state index in [2.05, 4.69) is 15.4 Å². The first kappa shape index (κ1) is 21.3. The van der Waals surface area contributed by atoms with E-state index in [0.717, 1.165) is 22.2 Å². The number of nitrogens with zero attached hydrogens (tertiary/aromatic N) is 3. The molecule has 4 aromatic rings. The summed E-state index contributed by atoms with van der Waals surface area (Å²) in [5, 5.41) is 7.92. The van der Waals surface area contributed by atoms with Crippen molar-refractivity contribution in [2.24, 2.45) is 7.05 Å². The third-order valence-electron chi connectivity index (χ3n) is 4.84. The van der Waals surface area contributed by atoms with Gasteiger partial charge in [-0.3, -0.25) is 4.79 Å². The maximum Gasteiger partial charge on any atom is 0.262 e. The second-order valence-corrected chi connectivity index (χ2v) is 7.49. The van der Waals surface area contributed by atoms with Gasteiger partial charge in [0, 0.05) is 24.5 Å². The van der Waals surface area contributed by atoms with Gasteiger partial charge in [-0.2, -0.15) is 0 Å². The third kappa shape index (κ3) is 4.85. The van der Waals surface area contributed by atoms with Gasteiger partial charge in [0.25, 0.3) is 5.91 Å². The smallest absolute Gasteiger partial charge is 0.262 e. The van der Waals surface area contributed by atoms with Crippen LogP contribution in [0.1, 0.15) is 16.8 Å². The van der Waals surface area contributed by atoms with E-state index in [1.165, 1.54) is 12.1 Å². The number of aryl methyl sites for hydroxylation is 3. The highest BCUT2D eigenvalue weighted by Gasteiger charge is 2.15. The minimum absolute atomic E-state index is 0.201. The van der Waals surface area contributed by atoms with Crippen LogP contribution in [0.15, 0.2) is 54.6 Å². The van der Waals surface area contributed by atoms with Crippen molar-refractivity contribution >= 4 is 22.6 Å². The van der Waals surface area contributed by atoms with Crippen molar-refractivity contribution in [3.63, 3.8) is 0 Å². The molecule has 0 saturated carbocycles. The monoisotopic (exact) mass is 434 g/mol. The van der Waals surface area contributed by atoms with E-state index in [1.54, 1.807) is 48.1 Å².